The van der Waals surface area contributed by atoms with Crippen molar-refractivity contribution in [1.29, 1.82) is 0 Å². The number of aliphatic carboxylic acids is 1. The van der Waals surface area contributed by atoms with E-state index in [0.29, 0.717) is 27.8 Å². The molecule has 0 aliphatic heterocycles. The molecule has 1 heterocycles. The maximum absolute atomic E-state index is 12.5. The molecule has 3 aromatic carbocycles. The summed E-state index contributed by atoms with van der Waals surface area (Å²) in [5.74, 6) is -3.22. The summed E-state index contributed by atoms with van der Waals surface area (Å²) in [5, 5.41) is 60.8. The number of hydrogen-bond acceptors (Lipinski definition) is 8. The molecule has 0 aliphatic rings. The lowest BCUT2D eigenvalue weighted by atomic mass is 10.0. The zero-order valence-electron chi connectivity index (χ0n) is 18.5. The van der Waals surface area contributed by atoms with Crippen LogP contribution in [0.25, 0.3) is 28.4 Å². The van der Waals surface area contributed by atoms with Gasteiger partial charge in [-0.1, -0.05) is 12.1 Å². The van der Waals surface area contributed by atoms with Gasteiger partial charge in [-0.25, -0.2) is 4.79 Å². The molecule has 0 aliphatic carbocycles. The van der Waals surface area contributed by atoms with E-state index in [1.807, 2.05) is 0 Å². The summed E-state index contributed by atoms with van der Waals surface area (Å²) in [7, 11) is 0. The van der Waals surface area contributed by atoms with Crippen molar-refractivity contribution < 1.29 is 44.6 Å². The summed E-state index contributed by atoms with van der Waals surface area (Å²) >= 11 is 0. The first-order valence-corrected chi connectivity index (χ1v) is 10.6. The third kappa shape index (κ3) is 5.02. The van der Waals surface area contributed by atoms with Crippen LogP contribution in [-0.4, -0.2) is 48.6 Å². The molecule has 4 aromatic rings. The highest BCUT2D eigenvalue weighted by Gasteiger charge is 2.20. The van der Waals surface area contributed by atoms with Crippen LogP contribution in [0.15, 0.2) is 65.1 Å². The zero-order valence-corrected chi connectivity index (χ0v) is 18.5. The molecule has 1 atom stereocenters. The molecule has 0 bridgehead atoms. The Kier molecular flexibility index (Phi) is 6.42. The van der Waals surface area contributed by atoms with Gasteiger partial charge >= 0.3 is 5.97 Å². The molecule has 0 radical (unpaired) electrons. The number of carbonyl (C=O) groups is 2. The van der Waals surface area contributed by atoms with Gasteiger partial charge in [-0.15, -0.1) is 0 Å². The number of aromatic hydroxyl groups is 5. The van der Waals surface area contributed by atoms with Gasteiger partial charge in [-0.05, 0) is 59.7 Å². The van der Waals surface area contributed by atoms with Gasteiger partial charge in [0.15, 0.2) is 34.3 Å². The summed E-state index contributed by atoms with van der Waals surface area (Å²) in [6, 6.07) is 11.2. The number of carbonyl (C=O) groups excluding carboxylic acids is 1. The van der Waals surface area contributed by atoms with E-state index < -0.39 is 23.7 Å². The fourth-order valence-electron chi connectivity index (χ4n) is 3.61. The average molecular weight is 491 g/mol. The summed E-state index contributed by atoms with van der Waals surface area (Å²) in [6.07, 6.45) is 2.43. The number of fused-ring (bicyclic) bond motifs is 1. The van der Waals surface area contributed by atoms with Crippen LogP contribution in [0.4, 0.5) is 0 Å². The van der Waals surface area contributed by atoms with E-state index >= 15 is 0 Å². The molecule has 1 amide bonds. The Morgan fingerprint density at radius 2 is 1.50 bits per heavy atom. The molecular weight excluding hydrogens is 470 g/mol. The first-order valence-electron chi connectivity index (χ1n) is 10.6. The fraction of sp³-hybridized carbons (Fsp3) is 0.0769. The van der Waals surface area contributed by atoms with Crippen molar-refractivity contribution >= 4 is 28.9 Å². The molecule has 0 fully saturated rings. The molecule has 0 saturated carbocycles. The topological polar surface area (TPSA) is 181 Å². The Labute approximate surface area is 203 Å². The summed E-state index contributed by atoms with van der Waals surface area (Å²) < 4.78 is 5.71. The number of carboxylic acid groups (broad SMARTS) is 1. The van der Waals surface area contributed by atoms with E-state index in [4.69, 9.17) is 4.42 Å². The number of phenolic OH excluding ortho intramolecular Hbond substituents is 5. The lowest BCUT2D eigenvalue weighted by Gasteiger charge is -2.13. The maximum Gasteiger partial charge on any atom is 0.326 e. The van der Waals surface area contributed by atoms with Crippen molar-refractivity contribution in [2.75, 3.05) is 0 Å². The first-order chi connectivity index (χ1) is 17.1. The minimum Gasteiger partial charge on any atom is -0.504 e. The molecular formula is C26H21NO9. The molecule has 0 saturated heterocycles. The highest BCUT2D eigenvalue weighted by Crippen LogP contribution is 2.37. The number of carboxylic acids is 1. The quantitative estimate of drug-likeness (QED) is 0.150. The van der Waals surface area contributed by atoms with Gasteiger partial charge in [0.25, 0.3) is 0 Å². The third-order valence-electron chi connectivity index (χ3n) is 5.46. The van der Waals surface area contributed by atoms with Crippen molar-refractivity contribution in [3.63, 3.8) is 0 Å². The SMILES string of the molecule is O=C(/C=C/c1ccc(O)c2oc(-c3ccc(O)c(O)c3)cc12)NC(Cc1ccc(O)c(O)c1)C(=O)O. The Bertz CT molecular complexity index is 1500. The Morgan fingerprint density at radius 3 is 2.17 bits per heavy atom. The van der Waals surface area contributed by atoms with E-state index in [-0.39, 0.29) is 35.0 Å². The van der Waals surface area contributed by atoms with Gasteiger partial charge in [0.05, 0.1) is 0 Å². The Balaban J connectivity index is 1.56. The number of phenols is 5. The lowest BCUT2D eigenvalue weighted by Crippen LogP contribution is -2.41. The van der Waals surface area contributed by atoms with Crippen LogP contribution in [0.1, 0.15) is 11.1 Å². The van der Waals surface area contributed by atoms with Crippen LogP contribution in [0.5, 0.6) is 28.7 Å². The van der Waals surface area contributed by atoms with Crippen LogP contribution in [0.3, 0.4) is 0 Å². The minimum atomic E-state index is -1.30. The maximum atomic E-state index is 12.5. The summed E-state index contributed by atoms with van der Waals surface area (Å²) in [5.41, 5.74) is 1.47. The van der Waals surface area contributed by atoms with Crippen LogP contribution in [-0.2, 0) is 16.0 Å². The van der Waals surface area contributed by atoms with Crippen LogP contribution in [0.2, 0.25) is 0 Å². The molecule has 10 heteroatoms. The van der Waals surface area contributed by atoms with E-state index in [1.54, 1.807) is 12.1 Å². The number of rotatable bonds is 7. The van der Waals surface area contributed by atoms with Crippen molar-refractivity contribution in [2.24, 2.45) is 0 Å². The second-order valence-electron chi connectivity index (χ2n) is 7.99. The smallest absolute Gasteiger partial charge is 0.326 e. The first kappa shape index (κ1) is 24.0. The van der Waals surface area contributed by atoms with Crippen LogP contribution in [0, 0.1) is 0 Å². The van der Waals surface area contributed by atoms with Crippen LogP contribution >= 0.6 is 0 Å². The van der Waals surface area contributed by atoms with Gasteiger partial charge < -0.3 is 40.4 Å². The molecule has 10 nitrogen and oxygen atoms in total. The minimum absolute atomic E-state index is 0.128. The number of furan rings is 1. The predicted octanol–water partition coefficient (Wildman–Crippen LogP) is 3.45. The number of benzene rings is 3. The normalized spacial score (nSPS) is 12.1. The monoisotopic (exact) mass is 491 g/mol. The van der Waals surface area contributed by atoms with Crippen LogP contribution < -0.4 is 5.32 Å². The zero-order chi connectivity index (χ0) is 26.0. The molecule has 0 spiro atoms. The van der Waals surface area contributed by atoms with Gasteiger partial charge in [0, 0.05) is 23.4 Å². The standard InChI is InChI=1S/C26H21NO9/c28-18-5-1-13(10-21(18)31)9-17(26(34)35)27-24(33)8-4-14-2-7-20(30)25-16(14)12-23(36-25)15-3-6-19(29)22(32)11-15/h1-8,10-12,17,28-32H,9H2,(H,27,33)(H,34,35)/b8-4+. The molecule has 7 N–H and O–H groups in total. The largest absolute Gasteiger partial charge is 0.504 e. The fourth-order valence-corrected chi connectivity index (χ4v) is 3.61. The average Bonchev–Trinajstić information content (AvgIpc) is 3.29. The van der Waals surface area contributed by atoms with Crippen molar-refractivity contribution in [1.82, 2.24) is 5.32 Å². The van der Waals surface area contributed by atoms with Gasteiger partial charge in [-0.2, -0.15) is 0 Å². The highest BCUT2D eigenvalue weighted by molar-refractivity contribution is 5.99. The van der Waals surface area contributed by atoms with E-state index in [9.17, 15) is 40.2 Å². The number of nitrogens with one attached hydrogen (secondary N) is 1. The number of hydrogen-bond donors (Lipinski definition) is 7. The van der Waals surface area contributed by atoms with E-state index in [2.05, 4.69) is 5.32 Å². The van der Waals surface area contributed by atoms with E-state index in [1.165, 1.54) is 48.5 Å². The second-order valence-corrected chi connectivity index (χ2v) is 7.99. The highest BCUT2D eigenvalue weighted by atomic mass is 16.4. The number of amides is 1. The Hall–Kier alpha value is -5.12. The molecule has 4 rings (SSSR count). The van der Waals surface area contributed by atoms with E-state index in [0.717, 1.165) is 6.08 Å². The third-order valence-corrected chi connectivity index (χ3v) is 5.46. The molecule has 36 heavy (non-hydrogen) atoms. The van der Waals surface area contributed by atoms with Crippen molar-refractivity contribution in [3.05, 3.63) is 71.8 Å². The predicted molar refractivity (Wildman–Crippen MR) is 129 cm³/mol. The molecule has 1 unspecified atom stereocenters. The summed E-state index contributed by atoms with van der Waals surface area (Å²) in [6.45, 7) is 0. The summed E-state index contributed by atoms with van der Waals surface area (Å²) in [4.78, 5) is 24.1. The second kappa shape index (κ2) is 9.63. The van der Waals surface area contributed by atoms with Crippen molar-refractivity contribution in [2.45, 2.75) is 12.5 Å². The lowest BCUT2D eigenvalue weighted by molar-refractivity contribution is -0.141. The Morgan fingerprint density at radius 1 is 0.833 bits per heavy atom. The van der Waals surface area contributed by atoms with Gasteiger partial charge in [-0.3, -0.25) is 4.79 Å². The molecule has 1 aromatic heterocycles. The molecule has 184 valence electrons. The van der Waals surface area contributed by atoms with Gasteiger partial charge in [0.2, 0.25) is 5.91 Å². The van der Waals surface area contributed by atoms with Gasteiger partial charge in [0.1, 0.15) is 11.8 Å². The van der Waals surface area contributed by atoms with Crippen molar-refractivity contribution in [3.8, 4) is 40.1 Å².